The van der Waals surface area contributed by atoms with Gasteiger partial charge in [-0.1, -0.05) is 51.3 Å². The minimum atomic E-state index is -0.627. The lowest BCUT2D eigenvalue weighted by Gasteiger charge is -2.03. The molecule has 1 N–H and O–H groups in total. The Bertz CT molecular complexity index is 1060. The number of fused-ring (bicyclic) bond motifs is 1. The molecule has 0 unspecified atom stereocenters. The fourth-order valence-electron chi connectivity index (χ4n) is 2.17. The van der Waals surface area contributed by atoms with Crippen LogP contribution in [-0.4, -0.2) is 5.91 Å². The van der Waals surface area contributed by atoms with E-state index in [4.69, 9.17) is 27.6 Å². The summed E-state index contributed by atoms with van der Waals surface area (Å²) in [5.74, 6) is -0.488. The molecule has 1 aromatic heterocycles. The third kappa shape index (κ3) is 4.12. The largest absolute Gasteiger partial charge is 0.421 e. The van der Waals surface area contributed by atoms with Crippen LogP contribution < -0.4 is 10.9 Å². The third-order valence-electron chi connectivity index (χ3n) is 3.35. The second kappa shape index (κ2) is 7.44. The van der Waals surface area contributed by atoms with E-state index in [1.807, 2.05) is 0 Å². The van der Waals surface area contributed by atoms with E-state index in [1.165, 1.54) is 12.2 Å². The van der Waals surface area contributed by atoms with Gasteiger partial charge in [0, 0.05) is 15.9 Å². The van der Waals surface area contributed by atoms with E-state index in [1.54, 1.807) is 42.5 Å². The monoisotopic (exact) mass is 437 g/mol. The highest BCUT2D eigenvalue weighted by atomic mass is 79.9. The molecule has 0 saturated heterocycles. The van der Waals surface area contributed by atoms with E-state index in [0.717, 1.165) is 4.47 Å². The van der Waals surface area contributed by atoms with E-state index < -0.39 is 11.5 Å². The molecule has 0 spiro atoms. The maximum Gasteiger partial charge on any atom is 0.360 e. The molecule has 0 bridgehead atoms. The summed E-state index contributed by atoms with van der Waals surface area (Å²) in [5, 5.41) is 3.93. The van der Waals surface area contributed by atoms with Crippen LogP contribution in [0.2, 0.25) is 10.0 Å². The Labute approximate surface area is 161 Å². The number of anilines is 1. The molecule has 0 radical (unpaired) electrons. The number of carbonyl (C=O) groups excluding carboxylic acids is 1. The SMILES string of the molecule is O=C(C=Cc1cccc(Cl)c1Cl)Nc1cc2cc(Br)ccc2oc1=O. The lowest BCUT2D eigenvalue weighted by Crippen LogP contribution is -2.15. The molecule has 0 saturated carbocycles. The van der Waals surface area contributed by atoms with Crippen LogP contribution in [-0.2, 0) is 4.79 Å². The Balaban J connectivity index is 1.84. The van der Waals surface area contributed by atoms with Crippen LogP contribution in [0, 0.1) is 0 Å². The van der Waals surface area contributed by atoms with E-state index >= 15 is 0 Å². The summed E-state index contributed by atoms with van der Waals surface area (Å²) in [5.41, 5.74) is 0.459. The van der Waals surface area contributed by atoms with Crippen molar-refractivity contribution in [3.05, 3.63) is 79.0 Å². The average molecular weight is 439 g/mol. The number of hydrogen-bond donors (Lipinski definition) is 1. The molecule has 126 valence electrons. The van der Waals surface area contributed by atoms with Crippen LogP contribution in [0.4, 0.5) is 5.69 Å². The number of benzene rings is 2. The summed E-state index contributed by atoms with van der Waals surface area (Å²) in [6.07, 6.45) is 2.78. The molecule has 2 aromatic carbocycles. The molecule has 4 nitrogen and oxygen atoms in total. The third-order valence-corrected chi connectivity index (χ3v) is 4.67. The molecular weight excluding hydrogens is 429 g/mol. The summed E-state index contributed by atoms with van der Waals surface area (Å²) >= 11 is 15.3. The first-order chi connectivity index (χ1) is 11.9. The molecule has 1 amide bonds. The molecule has 0 fully saturated rings. The van der Waals surface area contributed by atoms with Crippen LogP contribution in [0.1, 0.15) is 5.56 Å². The second-order valence-corrected chi connectivity index (χ2v) is 6.80. The minimum Gasteiger partial charge on any atom is -0.421 e. The summed E-state index contributed by atoms with van der Waals surface area (Å²) in [6.45, 7) is 0. The zero-order chi connectivity index (χ0) is 18.0. The molecular formula is C18H10BrCl2NO3. The molecule has 0 aliphatic heterocycles. The van der Waals surface area contributed by atoms with Crippen molar-refractivity contribution in [3.8, 4) is 0 Å². The molecule has 0 aliphatic rings. The fourth-order valence-corrected chi connectivity index (χ4v) is 2.92. The van der Waals surface area contributed by atoms with Gasteiger partial charge in [-0.15, -0.1) is 0 Å². The van der Waals surface area contributed by atoms with Gasteiger partial charge in [-0.25, -0.2) is 4.79 Å². The van der Waals surface area contributed by atoms with Crippen molar-refractivity contribution in [2.45, 2.75) is 0 Å². The standard InChI is InChI=1S/C18H10BrCl2NO3/c19-12-5-6-15-11(8-12)9-14(18(24)25-15)22-16(23)7-4-10-2-1-3-13(20)17(10)21/h1-9H,(H,22,23). The quantitative estimate of drug-likeness (QED) is 0.433. The summed E-state index contributed by atoms with van der Waals surface area (Å²) in [4.78, 5) is 24.0. The van der Waals surface area contributed by atoms with Gasteiger partial charge in [0.25, 0.3) is 0 Å². The highest BCUT2D eigenvalue weighted by Crippen LogP contribution is 2.26. The van der Waals surface area contributed by atoms with Crippen LogP contribution >= 0.6 is 39.1 Å². The van der Waals surface area contributed by atoms with Crippen molar-refractivity contribution in [1.29, 1.82) is 0 Å². The molecule has 0 aliphatic carbocycles. The van der Waals surface area contributed by atoms with Gasteiger partial charge in [0.15, 0.2) is 0 Å². The average Bonchev–Trinajstić information content (AvgIpc) is 2.57. The van der Waals surface area contributed by atoms with Gasteiger partial charge < -0.3 is 9.73 Å². The number of halogens is 3. The van der Waals surface area contributed by atoms with Crippen molar-refractivity contribution in [2.75, 3.05) is 5.32 Å². The van der Waals surface area contributed by atoms with E-state index in [2.05, 4.69) is 21.2 Å². The number of carbonyl (C=O) groups is 1. The van der Waals surface area contributed by atoms with E-state index in [0.29, 0.717) is 26.6 Å². The summed E-state index contributed by atoms with van der Waals surface area (Å²) in [6, 6.07) is 11.9. The highest BCUT2D eigenvalue weighted by molar-refractivity contribution is 9.10. The van der Waals surface area contributed by atoms with Gasteiger partial charge in [-0.3, -0.25) is 4.79 Å². The first-order valence-corrected chi connectivity index (χ1v) is 8.65. The van der Waals surface area contributed by atoms with Gasteiger partial charge in [-0.2, -0.15) is 0 Å². The number of hydrogen-bond acceptors (Lipinski definition) is 3. The number of nitrogens with one attached hydrogen (secondary N) is 1. The number of amides is 1. The maximum atomic E-state index is 12.1. The normalized spacial score (nSPS) is 11.2. The van der Waals surface area contributed by atoms with Crippen molar-refractivity contribution in [2.24, 2.45) is 0 Å². The summed E-state index contributed by atoms with van der Waals surface area (Å²) < 4.78 is 6.03. The first kappa shape index (κ1) is 17.7. The minimum absolute atomic E-state index is 0.0532. The Kier molecular flexibility index (Phi) is 5.27. The van der Waals surface area contributed by atoms with Crippen LogP contribution in [0.15, 0.2) is 62.2 Å². The predicted molar refractivity (Wildman–Crippen MR) is 104 cm³/mol. The maximum absolute atomic E-state index is 12.1. The molecule has 0 atom stereocenters. The Morgan fingerprint density at radius 2 is 1.96 bits per heavy atom. The fraction of sp³-hybridized carbons (Fsp3) is 0. The van der Waals surface area contributed by atoms with Crippen LogP contribution in [0.5, 0.6) is 0 Å². The van der Waals surface area contributed by atoms with E-state index in [9.17, 15) is 9.59 Å². The molecule has 25 heavy (non-hydrogen) atoms. The Morgan fingerprint density at radius 3 is 2.76 bits per heavy atom. The van der Waals surface area contributed by atoms with Crippen LogP contribution in [0.3, 0.4) is 0 Å². The Hall–Kier alpha value is -2.08. The van der Waals surface area contributed by atoms with E-state index in [-0.39, 0.29) is 5.69 Å². The van der Waals surface area contributed by atoms with Gasteiger partial charge in [0.05, 0.1) is 10.0 Å². The number of rotatable bonds is 3. The second-order valence-electron chi connectivity index (χ2n) is 5.10. The molecule has 7 heteroatoms. The van der Waals surface area contributed by atoms with Crippen molar-refractivity contribution < 1.29 is 9.21 Å². The highest BCUT2D eigenvalue weighted by Gasteiger charge is 2.08. The topological polar surface area (TPSA) is 59.3 Å². The zero-order valence-electron chi connectivity index (χ0n) is 12.6. The van der Waals surface area contributed by atoms with Gasteiger partial charge in [0.1, 0.15) is 11.3 Å². The lowest BCUT2D eigenvalue weighted by atomic mass is 10.2. The van der Waals surface area contributed by atoms with Crippen molar-refractivity contribution >= 4 is 67.8 Å². The zero-order valence-corrected chi connectivity index (χ0v) is 15.7. The summed E-state index contributed by atoms with van der Waals surface area (Å²) in [7, 11) is 0. The first-order valence-electron chi connectivity index (χ1n) is 7.10. The smallest absolute Gasteiger partial charge is 0.360 e. The predicted octanol–water partition coefficient (Wildman–Crippen LogP) is 5.51. The van der Waals surface area contributed by atoms with Crippen LogP contribution in [0.25, 0.3) is 17.0 Å². The molecule has 1 heterocycles. The van der Waals surface area contributed by atoms with Gasteiger partial charge in [0.2, 0.25) is 5.91 Å². The van der Waals surface area contributed by atoms with Crippen molar-refractivity contribution in [3.63, 3.8) is 0 Å². The Morgan fingerprint density at radius 1 is 1.16 bits per heavy atom. The van der Waals surface area contributed by atoms with Crippen molar-refractivity contribution in [1.82, 2.24) is 0 Å². The molecule has 3 aromatic rings. The lowest BCUT2D eigenvalue weighted by molar-refractivity contribution is -0.111. The molecule has 3 rings (SSSR count). The van der Waals surface area contributed by atoms with Gasteiger partial charge >= 0.3 is 5.63 Å². The van der Waals surface area contributed by atoms with Gasteiger partial charge in [-0.05, 0) is 42.0 Å².